The van der Waals surface area contributed by atoms with E-state index in [1.54, 1.807) is 0 Å². The molecule has 5 nitrogen and oxygen atoms in total. The number of amides is 1. The lowest BCUT2D eigenvalue weighted by atomic mass is 9.76. The quantitative estimate of drug-likeness (QED) is 0.857. The van der Waals surface area contributed by atoms with Gasteiger partial charge in [0.05, 0.1) is 11.0 Å². The van der Waals surface area contributed by atoms with E-state index in [9.17, 15) is 19.1 Å². The van der Waals surface area contributed by atoms with Crippen LogP contribution in [-0.2, 0) is 4.79 Å². The Morgan fingerprint density at radius 3 is 2.70 bits per heavy atom. The summed E-state index contributed by atoms with van der Waals surface area (Å²) in [5.41, 5.74) is -1.06. The number of carboxylic acid groups (broad SMARTS) is 1. The average molecular weight is 280 g/mol. The number of carbonyl (C=O) groups excluding carboxylic acids is 1. The SMILES string of the molecule is CC(C)C1(C(=O)O)CCN(C(=O)c2cccnc2F)C1. The number of carboxylic acids is 1. The normalized spacial score (nSPS) is 22.3. The second-order valence-electron chi connectivity index (χ2n) is 5.43. The summed E-state index contributed by atoms with van der Waals surface area (Å²) in [4.78, 5) is 28.6. The van der Waals surface area contributed by atoms with Gasteiger partial charge in [0.15, 0.2) is 0 Å². The number of pyridine rings is 1. The molecule has 1 amide bonds. The lowest BCUT2D eigenvalue weighted by Gasteiger charge is -2.28. The van der Waals surface area contributed by atoms with Crippen molar-refractivity contribution in [2.45, 2.75) is 20.3 Å². The van der Waals surface area contributed by atoms with Crippen LogP contribution in [0.25, 0.3) is 0 Å². The number of likely N-dealkylation sites (tertiary alicyclic amines) is 1. The molecule has 1 aromatic rings. The molecule has 2 heterocycles. The van der Waals surface area contributed by atoms with E-state index >= 15 is 0 Å². The first kappa shape index (κ1) is 14.4. The maximum Gasteiger partial charge on any atom is 0.311 e. The largest absolute Gasteiger partial charge is 0.481 e. The fourth-order valence-electron chi connectivity index (χ4n) is 2.62. The first-order valence-electron chi connectivity index (χ1n) is 6.51. The van der Waals surface area contributed by atoms with Crippen molar-refractivity contribution in [1.29, 1.82) is 0 Å². The molecule has 1 atom stereocenters. The second kappa shape index (κ2) is 5.19. The Morgan fingerprint density at radius 2 is 2.20 bits per heavy atom. The van der Waals surface area contributed by atoms with E-state index in [4.69, 9.17) is 0 Å². The molecule has 1 aliphatic heterocycles. The Morgan fingerprint density at radius 1 is 1.50 bits per heavy atom. The summed E-state index contributed by atoms with van der Waals surface area (Å²) in [5.74, 6) is -2.33. The van der Waals surface area contributed by atoms with Gasteiger partial charge in [-0.05, 0) is 24.5 Å². The minimum Gasteiger partial charge on any atom is -0.481 e. The van der Waals surface area contributed by atoms with Crippen molar-refractivity contribution < 1.29 is 19.1 Å². The number of rotatable bonds is 3. The lowest BCUT2D eigenvalue weighted by molar-refractivity contribution is -0.150. The highest BCUT2D eigenvalue weighted by Gasteiger charge is 2.48. The van der Waals surface area contributed by atoms with Crippen LogP contribution in [0.2, 0.25) is 0 Å². The van der Waals surface area contributed by atoms with Crippen LogP contribution in [-0.4, -0.2) is 40.0 Å². The molecule has 0 aliphatic carbocycles. The molecule has 108 valence electrons. The lowest BCUT2D eigenvalue weighted by Crippen LogP contribution is -2.40. The van der Waals surface area contributed by atoms with Crippen LogP contribution < -0.4 is 0 Å². The van der Waals surface area contributed by atoms with Crippen molar-refractivity contribution in [2.24, 2.45) is 11.3 Å². The standard InChI is InChI=1S/C14H17FN2O3/c1-9(2)14(13(19)20)5-7-17(8-14)12(18)10-4-3-6-16-11(10)15/h3-4,6,9H,5,7-8H2,1-2H3,(H,19,20). The molecule has 2 rings (SSSR count). The van der Waals surface area contributed by atoms with Gasteiger partial charge < -0.3 is 10.0 Å². The van der Waals surface area contributed by atoms with E-state index in [-0.39, 0.29) is 18.0 Å². The molecule has 0 radical (unpaired) electrons. The predicted molar refractivity (Wildman–Crippen MR) is 69.6 cm³/mol. The molecule has 1 fully saturated rings. The van der Waals surface area contributed by atoms with Crippen LogP contribution in [0.4, 0.5) is 4.39 Å². The third-order valence-electron chi connectivity index (χ3n) is 4.11. The molecule has 0 aromatic carbocycles. The summed E-state index contributed by atoms with van der Waals surface area (Å²) in [6.45, 7) is 4.07. The van der Waals surface area contributed by atoms with E-state index < -0.39 is 23.2 Å². The summed E-state index contributed by atoms with van der Waals surface area (Å²) in [5, 5.41) is 9.43. The Hall–Kier alpha value is -1.98. The zero-order valence-corrected chi connectivity index (χ0v) is 11.5. The van der Waals surface area contributed by atoms with Crippen LogP contribution in [0, 0.1) is 17.3 Å². The highest BCUT2D eigenvalue weighted by molar-refractivity contribution is 5.95. The molecule has 0 bridgehead atoms. The third-order valence-corrected chi connectivity index (χ3v) is 4.11. The monoisotopic (exact) mass is 280 g/mol. The topological polar surface area (TPSA) is 70.5 Å². The van der Waals surface area contributed by atoms with E-state index in [0.29, 0.717) is 13.0 Å². The maximum absolute atomic E-state index is 13.5. The molecule has 1 aromatic heterocycles. The number of carbonyl (C=O) groups is 2. The van der Waals surface area contributed by atoms with Crippen LogP contribution in [0.5, 0.6) is 0 Å². The molecule has 20 heavy (non-hydrogen) atoms. The molecule has 1 N–H and O–H groups in total. The van der Waals surface area contributed by atoms with Crippen LogP contribution >= 0.6 is 0 Å². The maximum atomic E-state index is 13.5. The van der Waals surface area contributed by atoms with Gasteiger partial charge in [0.25, 0.3) is 5.91 Å². The molecule has 1 aliphatic rings. The van der Waals surface area contributed by atoms with E-state index in [2.05, 4.69) is 4.98 Å². The summed E-state index contributed by atoms with van der Waals surface area (Å²) in [6, 6.07) is 2.85. The molecule has 1 unspecified atom stereocenters. The number of hydrogen-bond donors (Lipinski definition) is 1. The van der Waals surface area contributed by atoms with Gasteiger partial charge in [-0.1, -0.05) is 13.8 Å². The number of hydrogen-bond acceptors (Lipinski definition) is 3. The van der Waals surface area contributed by atoms with Crippen LogP contribution in [0.3, 0.4) is 0 Å². The number of aromatic nitrogens is 1. The smallest absolute Gasteiger partial charge is 0.311 e. The van der Waals surface area contributed by atoms with E-state index in [1.807, 2.05) is 13.8 Å². The Kier molecular flexibility index (Phi) is 3.74. The van der Waals surface area contributed by atoms with Crippen LogP contribution in [0.15, 0.2) is 18.3 Å². The number of nitrogens with zero attached hydrogens (tertiary/aromatic N) is 2. The summed E-state index contributed by atoms with van der Waals surface area (Å²) in [6.07, 6.45) is 1.65. The van der Waals surface area contributed by atoms with Gasteiger partial charge in [0, 0.05) is 19.3 Å². The van der Waals surface area contributed by atoms with Gasteiger partial charge >= 0.3 is 5.97 Å². The highest BCUT2D eigenvalue weighted by Crippen LogP contribution is 2.38. The molecule has 0 saturated carbocycles. The minimum absolute atomic E-state index is 0.100. The molecular weight excluding hydrogens is 263 g/mol. The molecule has 0 spiro atoms. The Bertz CT molecular complexity index is 547. The van der Waals surface area contributed by atoms with Gasteiger partial charge in [-0.15, -0.1) is 0 Å². The predicted octanol–water partition coefficient (Wildman–Crippen LogP) is 1.79. The first-order valence-corrected chi connectivity index (χ1v) is 6.51. The summed E-state index contributed by atoms with van der Waals surface area (Å²) in [7, 11) is 0. The second-order valence-corrected chi connectivity index (χ2v) is 5.43. The zero-order chi connectivity index (χ0) is 14.9. The van der Waals surface area contributed by atoms with Gasteiger partial charge in [-0.3, -0.25) is 9.59 Å². The fourth-order valence-corrected chi connectivity index (χ4v) is 2.62. The van der Waals surface area contributed by atoms with Crippen LogP contribution in [0.1, 0.15) is 30.6 Å². The highest BCUT2D eigenvalue weighted by atomic mass is 19.1. The van der Waals surface area contributed by atoms with Gasteiger partial charge in [-0.2, -0.15) is 4.39 Å². The van der Waals surface area contributed by atoms with Crippen molar-refractivity contribution in [3.8, 4) is 0 Å². The first-order chi connectivity index (χ1) is 9.38. The molecular formula is C14H17FN2O3. The molecule has 6 heteroatoms. The van der Waals surface area contributed by atoms with E-state index in [0.717, 1.165) is 0 Å². The van der Waals surface area contributed by atoms with Crippen molar-refractivity contribution in [2.75, 3.05) is 13.1 Å². The van der Waals surface area contributed by atoms with Gasteiger partial charge in [-0.25, -0.2) is 4.98 Å². The number of halogens is 1. The van der Waals surface area contributed by atoms with Crippen molar-refractivity contribution >= 4 is 11.9 Å². The van der Waals surface area contributed by atoms with Gasteiger partial charge in [0.1, 0.15) is 0 Å². The van der Waals surface area contributed by atoms with Crippen molar-refractivity contribution in [3.05, 3.63) is 29.8 Å². The van der Waals surface area contributed by atoms with Crippen molar-refractivity contribution in [1.82, 2.24) is 9.88 Å². The minimum atomic E-state index is -0.950. The number of aliphatic carboxylic acids is 1. The Labute approximate surface area is 116 Å². The van der Waals surface area contributed by atoms with E-state index in [1.165, 1.54) is 23.2 Å². The van der Waals surface area contributed by atoms with Gasteiger partial charge in [0.2, 0.25) is 5.95 Å². The zero-order valence-electron chi connectivity index (χ0n) is 11.5. The average Bonchev–Trinajstić information content (AvgIpc) is 2.85. The van der Waals surface area contributed by atoms with Crippen molar-refractivity contribution in [3.63, 3.8) is 0 Å². The third kappa shape index (κ3) is 2.26. The summed E-state index contributed by atoms with van der Waals surface area (Å²) >= 11 is 0. The summed E-state index contributed by atoms with van der Waals surface area (Å²) < 4.78 is 13.5. The fraction of sp³-hybridized carbons (Fsp3) is 0.500. The molecule has 1 saturated heterocycles. The Balaban J connectivity index is 2.23.